The Balaban J connectivity index is 1.78. The zero-order valence-corrected chi connectivity index (χ0v) is 15.4. The molecule has 1 nitrogen and oxygen atoms in total. The molecule has 0 amide bonds. The average molecular weight is 359 g/mol. The Hall–Kier alpha value is -3.71. The molecular weight excluding hydrogens is 340 g/mol. The molecule has 0 saturated carbocycles. The van der Waals surface area contributed by atoms with Crippen molar-refractivity contribution in [1.82, 2.24) is 0 Å². The van der Waals surface area contributed by atoms with Crippen molar-refractivity contribution in [3.05, 3.63) is 115 Å². The van der Waals surface area contributed by atoms with Crippen LogP contribution >= 0.6 is 0 Å². The van der Waals surface area contributed by atoms with Gasteiger partial charge in [0.25, 0.3) is 0 Å². The molecule has 0 bridgehead atoms. The first-order valence-corrected chi connectivity index (χ1v) is 9.46. The topological polar surface area (TPSA) is 11.3 Å². The van der Waals surface area contributed by atoms with Crippen LogP contribution in [0.1, 0.15) is 0 Å². The summed E-state index contributed by atoms with van der Waals surface area (Å²) < 4.78 is 6.42. The van der Waals surface area contributed by atoms with Crippen LogP contribution in [0.4, 0.5) is 0 Å². The van der Waals surface area contributed by atoms with Gasteiger partial charge in [0.2, 0.25) is 0 Å². The number of hydrogen-bond acceptors (Lipinski definition) is 0. The lowest BCUT2D eigenvalue weighted by atomic mass is 9.99. The second-order valence-corrected chi connectivity index (χ2v) is 6.83. The summed E-state index contributed by atoms with van der Waals surface area (Å²) in [7, 11) is 0. The smallest absolute Gasteiger partial charge is 0.207 e. The zero-order valence-electron chi connectivity index (χ0n) is 15.4. The molecule has 0 fully saturated rings. The molecule has 0 aliphatic carbocycles. The Morgan fingerprint density at radius 2 is 1.04 bits per heavy atom. The fourth-order valence-electron chi connectivity index (χ4n) is 3.62. The van der Waals surface area contributed by atoms with Crippen LogP contribution < -0.4 is 0 Å². The van der Waals surface area contributed by atoms with Crippen molar-refractivity contribution in [3.63, 3.8) is 0 Å². The molecular formula is C27H19O+. The number of rotatable bonds is 3. The zero-order chi connectivity index (χ0) is 18.8. The van der Waals surface area contributed by atoms with Gasteiger partial charge in [-0.25, -0.2) is 4.42 Å². The summed E-state index contributed by atoms with van der Waals surface area (Å²) in [6.07, 6.45) is 0. The van der Waals surface area contributed by atoms with Crippen LogP contribution in [0.25, 0.3) is 44.5 Å². The van der Waals surface area contributed by atoms with Gasteiger partial charge in [-0.05, 0) is 34.5 Å². The van der Waals surface area contributed by atoms with Crippen LogP contribution in [-0.4, -0.2) is 0 Å². The van der Waals surface area contributed by atoms with E-state index in [2.05, 4.69) is 91.0 Å². The lowest BCUT2D eigenvalue weighted by molar-refractivity contribution is 0.583. The summed E-state index contributed by atoms with van der Waals surface area (Å²) in [4.78, 5) is 0. The van der Waals surface area contributed by atoms with Gasteiger partial charge in [0, 0.05) is 5.56 Å². The van der Waals surface area contributed by atoms with Gasteiger partial charge in [-0.15, -0.1) is 0 Å². The van der Waals surface area contributed by atoms with E-state index < -0.39 is 0 Å². The summed E-state index contributed by atoms with van der Waals surface area (Å²) in [5.41, 5.74) is 4.50. The quantitative estimate of drug-likeness (QED) is 0.300. The maximum atomic E-state index is 6.42. The molecule has 5 rings (SSSR count). The highest BCUT2D eigenvalue weighted by Gasteiger charge is 2.21. The molecule has 0 atom stereocenters. The van der Waals surface area contributed by atoms with Crippen LogP contribution in [0.2, 0.25) is 0 Å². The second kappa shape index (κ2) is 7.13. The fraction of sp³-hybridized carbons (Fsp3) is 0. The third-order valence-corrected chi connectivity index (χ3v) is 5.01. The lowest BCUT2D eigenvalue weighted by Gasteiger charge is -2.04. The monoisotopic (exact) mass is 359 g/mol. The maximum Gasteiger partial charge on any atom is 0.362 e. The summed E-state index contributed by atoms with van der Waals surface area (Å²) in [6, 6.07) is 39.8. The summed E-state index contributed by atoms with van der Waals surface area (Å²) in [6.45, 7) is 0. The minimum Gasteiger partial charge on any atom is -0.207 e. The first kappa shape index (κ1) is 16.5. The molecule has 4 aromatic carbocycles. The van der Waals surface area contributed by atoms with Gasteiger partial charge in [0.05, 0.1) is 23.3 Å². The van der Waals surface area contributed by atoms with E-state index >= 15 is 0 Å². The van der Waals surface area contributed by atoms with Crippen molar-refractivity contribution in [2.24, 2.45) is 0 Å². The standard InChI is InChI=1S/C27H19O/c1-3-10-20(11-4-1)23-18-26(22-13-5-2-6-14-22)28-27(19-23)25-17-9-15-21-12-7-8-16-24(21)25/h1-19H/q+1. The van der Waals surface area contributed by atoms with E-state index in [1.54, 1.807) is 0 Å². The fourth-order valence-corrected chi connectivity index (χ4v) is 3.62. The summed E-state index contributed by atoms with van der Waals surface area (Å²) >= 11 is 0. The summed E-state index contributed by atoms with van der Waals surface area (Å²) in [5, 5.41) is 2.40. The van der Waals surface area contributed by atoms with E-state index in [1.165, 1.54) is 16.3 Å². The highest BCUT2D eigenvalue weighted by molar-refractivity contribution is 5.96. The molecule has 1 heterocycles. The molecule has 0 aliphatic heterocycles. The van der Waals surface area contributed by atoms with E-state index in [0.717, 1.165) is 28.2 Å². The van der Waals surface area contributed by atoms with E-state index in [9.17, 15) is 0 Å². The van der Waals surface area contributed by atoms with Crippen molar-refractivity contribution in [1.29, 1.82) is 0 Å². The minimum absolute atomic E-state index is 0.866. The Kier molecular flexibility index (Phi) is 4.19. The molecule has 0 radical (unpaired) electrons. The van der Waals surface area contributed by atoms with Crippen LogP contribution in [0, 0.1) is 0 Å². The van der Waals surface area contributed by atoms with E-state index in [1.807, 2.05) is 24.3 Å². The van der Waals surface area contributed by atoms with Gasteiger partial charge >= 0.3 is 11.5 Å². The van der Waals surface area contributed by atoms with Gasteiger partial charge in [-0.2, -0.15) is 0 Å². The molecule has 132 valence electrons. The second-order valence-electron chi connectivity index (χ2n) is 6.83. The van der Waals surface area contributed by atoms with E-state index in [-0.39, 0.29) is 0 Å². The minimum atomic E-state index is 0.866. The molecule has 28 heavy (non-hydrogen) atoms. The Morgan fingerprint density at radius 1 is 0.429 bits per heavy atom. The van der Waals surface area contributed by atoms with Gasteiger partial charge in [0.1, 0.15) is 0 Å². The Bertz CT molecular complexity index is 1180. The predicted octanol–water partition coefficient (Wildman–Crippen LogP) is 7.71. The van der Waals surface area contributed by atoms with Gasteiger partial charge < -0.3 is 0 Å². The Morgan fingerprint density at radius 3 is 1.82 bits per heavy atom. The lowest BCUT2D eigenvalue weighted by Crippen LogP contribution is -1.87. The highest BCUT2D eigenvalue weighted by atomic mass is 16.3. The number of fused-ring (bicyclic) bond motifs is 1. The molecule has 5 aromatic rings. The van der Waals surface area contributed by atoms with Crippen molar-refractivity contribution in [3.8, 4) is 33.8 Å². The largest absolute Gasteiger partial charge is 0.362 e. The number of benzene rings is 4. The van der Waals surface area contributed by atoms with Gasteiger partial charge in [0.15, 0.2) is 0 Å². The van der Waals surface area contributed by atoms with Crippen molar-refractivity contribution in [2.45, 2.75) is 0 Å². The molecule has 1 aromatic heterocycles. The average Bonchev–Trinajstić information content (AvgIpc) is 2.79. The molecule has 0 unspecified atom stereocenters. The third kappa shape index (κ3) is 3.08. The molecule has 1 heteroatoms. The van der Waals surface area contributed by atoms with Crippen LogP contribution in [0.3, 0.4) is 0 Å². The third-order valence-electron chi connectivity index (χ3n) is 5.01. The Labute approximate surface area is 164 Å². The van der Waals surface area contributed by atoms with Gasteiger partial charge in [-0.3, -0.25) is 0 Å². The van der Waals surface area contributed by atoms with Crippen LogP contribution in [0.5, 0.6) is 0 Å². The normalized spacial score (nSPS) is 10.9. The highest BCUT2D eigenvalue weighted by Crippen LogP contribution is 2.35. The van der Waals surface area contributed by atoms with Crippen LogP contribution in [-0.2, 0) is 0 Å². The molecule has 0 saturated heterocycles. The number of hydrogen-bond donors (Lipinski definition) is 0. The van der Waals surface area contributed by atoms with Gasteiger partial charge in [-0.1, -0.05) is 84.9 Å². The van der Waals surface area contributed by atoms with Crippen molar-refractivity contribution < 1.29 is 4.42 Å². The molecule has 0 aliphatic rings. The van der Waals surface area contributed by atoms with Crippen molar-refractivity contribution >= 4 is 10.8 Å². The first-order chi connectivity index (χ1) is 13.9. The first-order valence-electron chi connectivity index (χ1n) is 9.46. The van der Waals surface area contributed by atoms with Crippen molar-refractivity contribution in [2.75, 3.05) is 0 Å². The molecule has 0 spiro atoms. The predicted molar refractivity (Wildman–Crippen MR) is 117 cm³/mol. The van der Waals surface area contributed by atoms with E-state index in [4.69, 9.17) is 4.42 Å². The maximum absolute atomic E-state index is 6.42. The SMILES string of the molecule is c1ccc(-c2cc(-c3ccccc3)[o+]c(-c3cccc4ccccc34)c2)cc1. The van der Waals surface area contributed by atoms with E-state index in [0.29, 0.717) is 0 Å². The summed E-state index contributed by atoms with van der Waals surface area (Å²) in [5.74, 6) is 1.74. The van der Waals surface area contributed by atoms with Crippen LogP contribution in [0.15, 0.2) is 120 Å². The molecule has 0 N–H and O–H groups in total.